The lowest BCUT2D eigenvalue weighted by atomic mass is 9.84. The molecule has 3 heteroatoms. The molecule has 0 aromatic rings. The summed E-state index contributed by atoms with van der Waals surface area (Å²) in [6, 6.07) is 0. The van der Waals surface area contributed by atoms with E-state index in [9.17, 15) is 10.2 Å². The van der Waals surface area contributed by atoms with Crippen molar-refractivity contribution in [3.05, 3.63) is 0 Å². The number of unbranched alkanes of at least 4 members (excludes halogenated alkanes) is 1. The average molecular weight is 218 g/mol. The van der Waals surface area contributed by atoms with Gasteiger partial charge in [-0.3, -0.25) is 0 Å². The van der Waals surface area contributed by atoms with Crippen LogP contribution >= 0.6 is 0 Å². The monoisotopic (exact) mass is 218 g/mol. The van der Waals surface area contributed by atoms with Crippen molar-refractivity contribution in [2.24, 2.45) is 0 Å². The highest BCUT2D eigenvalue weighted by Gasteiger charge is 2.39. The van der Waals surface area contributed by atoms with Crippen molar-refractivity contribution in [3.8, 4) is 0 Å². The molecule has 3 nitrogen and oxygen atoms in total. The molecule has 0 radical (unpaired) electrons. The van der Waals surface area contributed by atoms with Crippen LogP contribution in [0, 0.1) is 0 Å². The second kappa shape index (κ2) is 7.20. The molecule has 3 unspecified atom stereocenters. The number of rotatable bonds is 8. The molecule has 3 atom stereocenters. The molecule has 92 valence electrons. The molecule has 0 heterocycles. The molecule has 0 aliphatic rings. The molecular formula is C12H26O3. The summed E-state index contributed by atoms with van der Waals surface area (Å²) in [6.07, 6.45) is 2.68. The van der Waals surface area contributed by atoms with Crippen LogP contribution in [-0.2, 0) is 4.74 Å². The molecule has 0 rings (SSSR count). The SMILES string of the molecule is CCCCC(CC)(OC)C(O)C(O)CC. The standard InChI is InChI=1S/C12H26O3/c1-5-8-9-12(7-3,15-4)11(14)10(13)6-2/h10-11,13-14H,5-9H2,1-4H3. The highest BCUT2D eigenvalue weighted by atomic mass is 16.5. The van der Waals surface area contributed by atoms with Gasteiger partial charge in [0.2, 0.25) is 0 Å². The first-order valence-electron chi connectivity index (χ1n) is 5.99. The van der Waals surface area contributed by atoms with Gasteiger partial charge in [0.1, 0.15) is 6.10 Å². The van der Waals surface area contributed by atoms with E-state index in [-0.39, 0.29) is 0 Å². The molecule has 0 fully saturated rings. The molecule has 0 aromatic heterocycles. The third-order valence-corrected chi connectivity index (χ3v) is 3.28. The molecule has 0 saturated carbocycles. The lowest BCUT2D eigenvalue weighted by Crippen LogP contribution is -2.50. The average Bonchev–Trinajstić information content (AvgIpc) is 2.29. The van der Waals surface area contributed by atoms with E-state index < -0.39 is 17.8 Å². The van der Waals surface area contributed by atoms with E-state index in [1.807, 2.05) is 13.8 Å². The summed E-state index contributed by atoms with van der Waals surface area (Å²) < 4.78 is 5.46. The largest absolute Gasteiger partial charge is 0.390 e. The van der Waals surface area contributed by atoms with Crippen molar-refractivity contribution in [2.75, 3.05) is 7.11 Å². The lowest BCUT2D eigenvalue weighted by molar-refractivity contribution is -0.150. The highest BCUT2D eigenvalue weighted by Crippen LogP contribution is 2.29. The molecule has 2 N–H and O–H groups in total. The minimum Gasteiger partial charge on any atom is -0.390 e. The number of ether oxygens (including phenoxy) is 1. The number of methoxy groups -OCH3 is 1. The van der Waals surface area contributed by atoms with Gasteiger partial charge < -0.3 is 14.9 Å². The predicted molar refractivity (Wildman–Crippen MR) is 61.9 cm³/mol. The van der Waals surface area contributed by atoms with Crippen molar-refractivity contribution in [3.63, 3.8) is 0 Å². The van der Waals surface area contributed by atoms with Crippen LogP contribution < -0.4 is 0 Å². The fraction of sp³-hybridized carbons (Fsp3) is 1.00. The summed E-state index contributed by atoms with van der Waals surface area (Å²) in [4.78, 5) is 0. The van der Waals surface area contributed by atoms with E-state index in [1.54, 1.807) is 7.11 Å². The molecule has 0 bridgehead atoms. The lowest BCUT2D eigenvalue weighted by Gasteiger charge is -2.38. The van der Waals surface area contributed by atoms with Gasteiger partial charge in [-0.05, 0) is 19.3 Å². The second-order valence-electron chi connectivity index (χ2n) is 4.15. The second-order valence-corrected chi connectivity index (χ2v) is 4.15. The summed E-state index contributed by atoms with van der Waals surface area (Å²) in [5, 5.41) is 19.8. The number of hydrogen-bond donors (Lipinski definition) is 2. The Kier molecular flexibility index (Phi) is 7.14. The van der Waals surface area contributed by atoms with E-state index in [0.717, 1.165) is 25.7 Å². The maximum absolute atomic E-state index is 10.1. The summed E-state index contributed by atoms with van der Waals surface area (Å²) >= 11 is 0. The summed E-state index contributed by atoms with van der Waals surface area (Å²) in [5.41, 5.74) is -0.578. The van der Waals surface area contributed by atoms with Crippen LogP contribution in [0.3, 0.4) is 0 Å². The van der Waals surface area contributed by atoms with Crippen molar-refractivity contribution in [2.45, 2.75) is 70.7 Å². The van der Waals surface area contributed by atoms with Crippen LogP contribution in [0.2, 0.25) is 0 Å². The zero-order valence-electron chi connectivity index (χ0n) is 10.5. The number of hydrogen-bond acceptors (Lipinski definition) is 3. The summed E-state index contributed by atoms with van der Waals surface area (Å²) in [7, 11) is 1.62. The van der Waals surface area contributed by atoms with Crippen molar-refractivity contribution in [1.29, 1.82) is 0 Å². The fourth-order valence-corrected chi connectivity index (χ4v) is 1.95. The molecular weight excluding hydrogens is 192 g/mol. The quantitative estimate of drug-likeness (QED) is 0.656. The molecule has 0 aromatic carbocycles. The maximum Gasteiger partial charge on any atom is 0.109 e. The van der Waals surface area contributed by atoms with Crippen molar-refractivity contribution < 1.29 is 14.9 Å². The van der Waals surface area contributed by atoms with Crippen LogP contribution in [0.4, 0.5) is 0 Å². The van der Waals surface area contributed by atoms with Gasteiger partial charge in [-0.15, -0.1) is 0 Å². The van der Waals surface area contributed by atoms with Crippen LogP contribution in [0.1, 0.15) is 52.9 Å². The Morgan fingerprint density at radius 3 is 2.13 bits per heavy atom. The van der Waals surface area contributed by atoms with Gasteiger partial charge in [-0.1, -0.05) is 33.6 Å². The minimum absolute atomic E-state index is 0.554. The van der Waals surface area contributed by atoms with Gasteiger partial charge >= 0.3 is 0 Å². The number of aliphatic hydroxyl groups is 2. The Morgan fingerprint density at radius 2 is 1.80 bits per heavy atom. The van der Waals surface area contributed by atoms with Gasteiger partial charge in [0.15, 0.2) is 0 Å². The fourth-order valence-electron chi connectivity index (χ4n) is 1.95. The Balaban J connectivity index is 4.58. The first-order valence-corrected chi connectivity index (χ1v) is 5.99. The van der Waals surface area contributed by atoms with Gasteiger partial charge in [0.05, 0.1) is 11.7 Å². The molecule has 0 aliphatic heterocycles. The van der Waals surface area contributed by atoms with Gasteiger partial charge in [-0.2, -0.15) is 0 Å². The first kappa shape index (κ1) is 14.9. The van der Waals surface area contributed by atoms with E-state index in [4.69, 9.17) is 4.74 Å². The van der Waals surface area contributed by atoms with E-state index in [0.29, 0.717) is 6.42 Å². The Hall–Kier alpha value is -0.120. The Bertz CT molecular complexity index is 155. The van der Waals surface area contributed by atoms with Crippen molar-refractivity contribution >= 4 is 0 Å². The first-order chi connectivity index (χ1) is 7.07. The third kappa shape index (κ3) is 3.74. The van der Waals surface area contributed by atoms with Crippen molar-refractivity contribution in [1.82, 2.24) is 0 Å². The summed E-state index contributed by atoms with van der Waals surface area (Å²) in [6.45, 7) is 5.97. The topological polar surface area (TPSA) is 49.7 Å². The zero-order valence-corrected chi connectivity index (χ0v) is 10.5. The predicted octanol–water partition coefficient (Wildman–Crippen LogP) is 2.10. The van der Waals surface area contributed by atoms with Gasteiger partial charge in [-0.25, -0.2) is 0 Å². The van der Waals surface area contributed by atoms with Gasteiger partial charge in [0, 0.05) is 7.11 Å². The van der Waals surface area contributed by atoms with E-state index in [2.05, 4.69) is 6.92 Å². The van der Waals surface area contributed by atoms with Crippen LogP contribution in [0.5, 0.6) is 0 Å². The molecule has 0 spiro atoms. The summed E-state index contributed by atoms with van der Waals surface area (Å²) in [5.74, 6) is 0. The van der Waals surface area contributed by atoms with E-state index in [1.165, 1.54) is 0 Å². The highest BCUT2D eigenvalue weighted by molar-refractivity contribution is 4.90. The molecule has 15 heavy (non-hydrogen) atoms. The number of aliphatic hydroxyl groups excluding tert-OH is 2. The third-order valence-electron chi connectivity index (χ3n) is 3.28. The Morgan fingerprint density at radius 1 is 1.20 bits per heavy atom. The molecule has 0 amide bonds. The smallest absolute Gasteiger partial charge is 0.109 e. The maximum atomic E-state index is 10.1. The van der Waals surface area contributed by atoms with Crippen LogP contribution in [0.15, 0.2) is 0 Å². The molecule has 0 aliphatic carbocycles. The van der Waals surface area contributed by atoms with Crippen LogP contribution in [0.25, 0.3) is 0 Å². The van der Waals surface area contributed by atoms with Gasteiger partial charge in [0.25, 0.3) is 0 Å². The zero-order chi connectivity index (χ0) is 11.9. The van der Waals surface area contributed by atoms with Crippen LogP contribution in [-0.4, -0.2) is 35.1 Å². The normalized spacial score (nSPS) is 19.6. The molecule has 0 saturated heterocycles. The van der Waals surface area contributed by atoms with E-state index >= 15 is 0 Å². The minimum atomic E-state index is -0.788. The Labute approximate surface area is 93.5 Å².